The third-order valence-corrected chi connectivity index (χ3v) is 4.79. The molecule has 6 nitrogen and oxygen atoms in total. The largest absolute Gasteiger partial charge is 0.375 e. The molecule has 2 heterocycles. The van der Waals surface area contributed by atoms with E-state index in [-0.39, 0.29) is 11.8 Å². The van der Waals surface area contributed by atoms with E-state index in [4.69, 9.17) is 5.73 Å². The Morgan fingerprint density at radius 2 is 2.13 bits per heavy atom. The van der Waals surface area contributed by atoms with Gasteiger partial charge in [-0.3, -0.25) is 9.59 Å². The average molecular weight is 352 g/mol. The minimum absolute atomic E-state index is 0.208. The van der Waals surface area contributed by atoms with Crippen LogP contribution in [0.5, 0.6) is 0 Å². The van der Waals surface area contributed by atoms with Crippen LogP contribution in [0.4, 0.5) is 5.13 Å². The highest BCUT2D eigenvalue weighted by Crippen LogP contribution is 2.13. The van der Waals surface area contributed by atoms with Crippen molar-refractivity contribution >= 4 is 39.6 Å². The quantitative estimate of drug-likeness (QED) is 0.664. The summed E-state index contributed by atoms with van der Waals surface area (Å²) in [5, 5.41) is 9.90. The standard InChI is InChI=1S/C15H20N4O2S2/c1-15(2,19-12(20)11-6-4-8-22-11)13(21)17-7-3-5-10-9-23-14(16)18-10/h4,6,8-9H,3,5,7H2,1-2H3,(H2,16,18)(H,17,21)(H,19,20). The Labute approximate surface area is 143 Å². The minimum Gasteiger partial charge on any atom is -0.375 e. The Balaban J connectivity index is 1.76. The van der Waals surface area contributed by atoms with E-state index in [1.54, 1.807) is 26.0 Å². The first-order chi connectivity index (χ1) is 10.9. The summed E-state index contributed by atoms with van der Waals surface area (Å²) in [5.74, 6) is -0.446. The van der Waals surface area contributed by atoms with Crippen LogP contribution in [-0.2, 0) is 11.2 Å². The Bertz CT molecular complexity index is 665. The fraction of sp³-hybridized carbons (Fsp3) is 0.400. The van der Waals surface area contributed by atoms with Crippen molar-refractivity contribution in [2.24, 2.45) is 0 Å². The number of aromatic nitrogens is 1. The molecule has 2 amide bonds. The van der Waals surface area contributed by atoms with Crippen molar-refractivity contribution in [1.82, 2.24) is 15.6 Å². The number of hydrogen-bond acceptors (Lipinski definition) is 6. The summed E-state index contributed by atoms with van der Waals surface area (Å²) < 4.78 is 0. The second kappa shape index (κ2) is 7.56. The lowest BCUT2D eigenvalue weighted by Crippen LogP contribution is -2.54. The highest BCUT2D eigenvalue weighted by Gasteiger charge is 2.29. The zero-order chi connectivity index (χ0) is 16.9. The number of thiophene rings is 1. The van der Waals surface area contributed by atoms with Gasteiger partial charge >= 0.3 is 0 Å². The Morgan fingerprint density at radius 1 is 1.35 bits per heavy atom. The summed E-state index contributed by atoms with van der Waals surface area (Å²) in [6, 6.07) is 3.53. The summed E-state index contributed by atoms with van der Waals surface area (Å²) >= 11 is 2.76. The van der Waals surface area contributed by atoms with Gasteiger partial charge in [-0.2, -0.15) is 0 Å². The van der Waals surface area contributed by atoms with Crippen molar-refractivity contribution in [1.29, 1.82) is 0 Å². The molecular formula is C15H20N4O2S2. The number of nitrogens with one attached hydrogen (secondary N) is 2. The first-order valence-electron chi connectivity index (χ1n) is 7.22. The molecule has 2 aromatic rings. The molecule has 4 N–H and O–H groups in total. The molecule has 0 saturated heterocycles. The number of thiazole rings is 1. The Hall–Kier alpha value is -1.93. The molecular weight excluding hydrogens is 332 g/mol. The van der Waals surface area contributed by atoms with Gasteiger partial charge in [0.1, 0.15) is 5.54 Å². The SMILES string of the molecule is CC(C)(NC(=O)c1cccs1)C(=O)NCCCc1csc(N)n1. The molecule has 0 spiro atoms. The first-order valence-corrected chi connectivity index (χ1v) is 8.98. The van der Waals surface area contributed by atoms with Gasteiger partial charge in [0.15, 0.2) is 5.13 Å². The predicted molar refractivity (Wildman–Crippen MR) is 93.7 cm³/mol. The van der Waals surface area contributed by atoms with Crippen LogP contribution in [0.2, 0.25) is 0 Å². The fourth-order valence-corrected chi connectivity index (χ4v) is 3.16. The van der Waals surface area contributed by atoms with Crippen molar-refractivity contribution in [2.75, 3.05) is 12.3 Å². The number of aryl methyl sites for hydroxylation is 1. The molecule has 2 rings (SSSR count). The zero-order valence-electron chi connectivity index (χ0n) is 13.1. The maximum atomic E-state index is 12.2. The maximum absolute atomic E-state index is 12.2. The van der Waals surface area contributed by atoms with Gasteiger partial charge in [-0.15, -0.1) is 22.7 Å². The molecule has 0 unspecified atom stereocenters. The monoisotopic (exact) mass is 352 g/mol. The summed E-state index contributed by atoms with van der Waals surface area (Å²) in [5.41, 5.74) is 5.54. The molecule has 0 radical (unpaired) electrons. The maximum Gasteiger partial charge on any atom is 0.262 e. The van der Waals surface area contributed by atoms with E-state index < -0.39 is 5.54 Å². The number of nitrogen functional groups attached to an aromatic ring is 1. The number of carbonyl (C=O) groups is 2. The number of carbonyl (C=O) groups excluding carboxylic acids is 2. The summed E-state index contributed by atoms with van der Waals surface area (Å²) in [7, 11) is 0. The second-order valence-electron chi connectivity index (χ2n) is 5.59. The van der Waals surface area contributed by atoms with Crippen molar-refractivity contribution in [2.45, 2.75) is 32.2 Å². The van der Waals surface area contributed by atoms with Gasteiger partial charge in [-0.25, -0.2) is 4.98 Å². The molecule has 23 heavy (non-hydrogen) atoms. The summed E-state index contributed by atoms with van der Waals surface area (Å²) in [4.78, 5) is 29.0. The van der Waals surface area contributed by atoms with Crippen molar-refractivity contribution in [3.63, 3.8) is 0 Å². The van der Waals surface area contributed by atoms with Crippen LogP contribution in [0.25, 0.3) is 0 Å². The number of anilines is 1. The van der Waals surface area contributed by atoms with E-state index >= 15 is 0 Å². The van der Waals surface area contributed by atoms with Gasteiger partial charge < -0.3 is 16.4 Å². The van der Waals surface area contributed by atoms with E-state index in [1.807, 2.05) is 10.8 Å². The topological polar surface area (TPSA) is 97.1 Å². The molecule has 0 aliphatic heterocycles. The van der Waals surface area contributed by atoms with E-state index in [9.17, 15) is 9.59 Å². The average Bonchev–Trinajstić information content (AvgIpc) is 3.14. The number of rotatable bonds is 7. The Kier molecular flexibility index (Phi) is 5.73. The highest BCUT2D eigenvalue weighted by atomic mass is 32.1. The van der Waals surface area contributed by atoms with Crippen molar-refractivity contribution in [3.8, 4) is 0 Å². The molecule has 0 bridgehead atoms. The van der Waals surface area contributed by atoms with Gasteiger partial charge in [-0.1, -0.05) is 6.07 Å². The molecule has 8 heteroatoms. The predicted octanol–water partition coefficient (Wildman–Crippen LogP) is 2.04. The van der Waals surface area contributed by atoms with E-state index in [1.165, 1.54) is 22.7 Å². The smallest absolute Gasteiger partial charge is 0.262 e. The normalized spacial score (nSPS) is 11.2. The van der Waals surface area contributed by atoms with Crippen molar-refractivity contribution in [3.05, 3.63) is 33.5 Å². The number of nitrogens with two attached hydrogens (primary N) is 1. The van der Waals surface area contributed by atoms with Crippen molar-refractivity contribution < 1.29 is 9.59 Å². The number of nitrogens with zero attached hydrogens (tertiary/aromatic N) is 1. The molecule has 0 atom stereocenters. The molecule has 0 aliphatic carbocycles. The van der Waals surface area contributed by atoms with Crippen LogP contribution in [-0.4, -0.2) is 28.9 Å². The molecule has 0 aliphatic rings. The van der Waals surface area contributed by atoms with Gasteiger partial charge in [0.25, 0.3) is 5.91 Å². The van der Waals surface area contributed by atoms with Crippen LogP contribution < -0.4 is 16.4 Å². The van der Waals surface area contributed by atoms with Crippen LogP contribution >= 0.6 is 22.7 Å². The highest BCUT2D eigenvalue weighted by molar-refractivity contribution is 7.13. The zero-order valence-corrected chi connectivity index (χ0v) is 14.7. The van der Waals surface area contributed by atoms with Gasteiger partial charge in [0.2, 0.25) is 5.91 Å². The number of hydrogen-bond donors (Lipinski definition) is 3. The third kappa shape index (κ3) is 5.04. The second-order valence-corrected chi connectivity index (χ2v) is 7.43. The first kappa shape index (κ1) is 17.4. The van der Waals surface area contributed by atoms with Crippen LogP contribution in [0.15, 0.2) is 22.9 Å². The fourth-order valence-electron chi connectivity index (χ4n) is 1.94. The Morgan fingerprint density at radius 3 is 2.74 bits per heavy atom. The lowest BCUT2D eigenvalue weighted by atomic mass is 10.0. The van der Waals surface area contributed by atoms with Crippen LogP contribution in [0.3, 0.4) is 0 Å². The summed E-state index contributed by atoms with van der Waals surface area (Å²) in [6.07, 6.45) is 1.53. The van der Waals surface area contributed by atoms with Gasteiger partial charge in [0, 0.05) is 11.9 Å². The van der Waals surface area contributed by atoms with E-state index in [2.05, 4.69) is 15.6 Å². The molecule has 0 fully saturated rings. The lowest BCUT2D eigenvalue weighted by Gasteiger charge is -2.24. The molecule has 124 valence electrons. The molecule has 2 aromatic heterocycles. The van der Waals surface area contributed by atoms with Crippen LogP contribution in [0, 0.1) is 0 Å². The lowest BCUT2D eigenvalue weighted by molar-refractivity contribution is -0.126. The molecule has 0 aromatic carbocycles. The third-order valence-electron chi connectivity index (χ3n) is 3.20. The number of amides is 2. The van der Waals surface area contributed by atoms with Gasteiger partial charge in [-0.05, 0) is 38.1 Å². The van der Waals surface area contributed by atoms with Crippen LogP contribution in [0.1, 0.15) is 35.6 Å². The molecule has 0 saturated carbocycles. The van der Waals surface area contributed by atoms with Gasteiger partial charge in [0.05, 0.1) is 10.6 Å². The summed E-state index contributed by atoms with van der Waals surface area (Å²) in [6.45, 7) is 3.90. The van der Waals surface area contributed by atoms with E-state index in [0.29, 0.717) is 16.6 Å². The minimum atomic E-state index is -0.966. The van der Waals surface area contributed by atoms with E-state index in [0.717, 1.165) is 18.5 Å².